The van der Waals surface area contributed by atoms with E-state index >= 15 is 0 Å². The van der Waals surface area contributed by atoms with Crippen LogP contribution in [0, 0.1) is 0 Å². The number of hydrogen-bond donors (Lipinski definition) is 1. The topological polar surface area (TPSA) is 37.3 Å². The van der Waals surface area contributed by atoms with Gasteiger partial charge in [-0.3, -0.25) is 4.79 Å². The number of carboxylic acid groups (broad SMARTS) is 1. The molecule has 0 aliphatic rings. The van der Waals surface area contributed by atoms with Gasteiger partial charge in [-0.1, -0.05) is 35.4 Å². The Morgan fingerprint density at radius 1 is 1.70 bits per heavy atom. The zero-order valence-corrected chi connectivity index (χ0v) is 7.80. The molecule has 2 nitrogen and oxygen atoms in total. The smallest absolute Gasteiger partial charge is 0.304 e. The van der Waals surface area contributed by atoms with E-state index in [1.807, 2.05) is 6.92 Å². The molecule has 0 bridgehead atoms. The summed E-state index contributed by atoms with van der Waals surface area (Å²) in [5.74, 6) is 0.325. The van der Waals surface area contributed by atoms with Crippen LogP contribution in [-0.4, -0.2) is 22.1 Å². The number of aliphatic carboxylic acids is 1. The molecule has 1 N–H and O–H groups in total. The fraction of sp³-hybridized carbons (Fsp3) is 0.833. The van der Waals surface area contributed by atoms with Gasteiger partial charge in [0.15, 0.2) is 0 Å². The maximum atomic E-state index is 10.2. The second kappa shape index (κ2) is 5.92. The largest absolute Gasteiger partial charge is 0.481 e. The summed E-state index contributed by atoms with van der Waals surface area (Å²) >= 11 is 0. The van der Waals surface area contributed by atoms with Gasteiger partial charge in [0, 0.05) is 11.0 Å². The predicted octanol–water partition coefficient (Wildman–Crippen LogP) is 2.25. The van der Waals surface area contributed by atoms with Gasteiger partial charge in [-0.15, -0.1) is 0 Å². The molecule has 0 fully saturated rings. The van der Waals surface area contributed by atoms with Gasteiger partial charge in [0.1, 0.15) is 0 Å². The van der Waals surface area contributed by atoms with Crippen molar-refractivity contribution < 1.29 is 9.90 Å². The maximum Gasteiger partial charge on any atom is 0.304 e. The van der Waals surface area contributed by atoms with Crippen LogP contribution in [0.15, 0.2) is 0 Å². The first kappa shape index (κ1) is 10.2. The van der Waals surface area contributed by atoms with Crippen molar-refractivity contribution in [2.75, 3.05) is 5.75 Å². The molecule has 0 rings (SSSR count). The lowest BCUT2D eigenvalue weighted by atomic mass is 10.3. The minimum absolute atomic E-state index is 0.224. The highest BCUT2D eigenvalue weighted by Gasteiger charge is 2.06. The van der Waals surface area contributed by atoms with Crippen molar-refractivity contribution in [3.63, 3.8) is 0 Å². The van der Waals surface area contributed by atoms with Gasteiger partial charge in [-0.05, 0) is 0 Å². The van der Waals surface area contributed by atoms with Gasteiger partial charge >= 0.3 is 5.97 Å². The van der Waals surface area contributed by atoms with Gasteiger partial charge < -0.3 is 5.11 Å². The molecule has 0 saturated carbocycles. The van der Waals surface area contributed by atoms with Crippen molar-refractivity contribution in [3.05, 3.63) is 0 Å². The fourth-order valence-electron chi connectivity index (χ4n) is 0.464. The zero-order chi connectivity index (χ0) is 7.98. The summed E-state index contributed by atoms with van der Waals surface area (Å²) in [6, 6.07) is 0. The molecule has 0 aliphatic heterocycles. The van der Waals surface area contributed by atoms with E-state index in [4.69, 9.17) is 5.11 Å². The van der Waals surface area contributed by atoms with Crippen LogP contribution in [-0.2, 0) is 4.79 Å². The Labute approximate surface area is 69.2 Å². The van der Waals surface area contributed by atoms with Crippen molar-refractivity contribution in [2.24, 2.45) is 0 Å². The Morgan fingerprint density at radius 2 is 2.30 bits per heavy atom. The summed E-state index contributed by atoms with van der Waals surface area (Å²) in [7, 11) is 3.35. The molecule has 0 amide bonds. The first-order valence-corrected chi connectivity index (χ1v) is 5.55. The van der Waals surface area contributed by atoms with Gasteiger partial charge in [0.25, 0.3) is 0 Å². The van der Waals surface area contributed by atoms with Crippen molar-refractivity contribution in [1.82, 2.24) is 0 Å². The lowest BCUT2D eigenvalue weighted by molar-refractivity contribution is -0.136. The van der Waals surface area contributed by atoms with E-state index in [-0.39, 0.29) is 11.7 Å². The van der Waals surface area contributed by atoms with Crippen molar-refractivity contribution >= 4 is 27.6 Å². The Hall–Kier alpha value is 0.170. The highest BCUT2D eigenvalue weighted by molar-refractivity contribution is 8.76. The molecule has 1 unspecified atom stereocenters. The van der Waals surface area contributed by atoms with E-state index in [1.165, 1.54) is 0 Å². The molecule has 0 aromatic heterocycles. The summed E-state index contributed by atoms with van der Waals surface area (Å²) in [5.41, 5.74) is 0. The predicted molar refractivity (Wildman–Crippen MR) is 47.4 cm³/mol. The average molecular weight is 180 g/mol. The van der Waals surface area contributed by atoms with Crippen LogP contribution >= 0.6 is 21.6 Å². The molecule has 0 spiro atoms. The van der Waals surface area contributed by atoms with E-state index in [9.17, 15) is 4.79 Å². The Morgan fingerprint density at radius 3 is 2.70 bits per heavy atom. The van der Waals surface area contributed by atoms with Crippen molar-refractivity contribution in [2.45, 2.75) is 25.5 Å². The highest BCUT2D eigenvalue weighted by atomic mass is 33.1. The summed E-state index contributed by atoms with van der Waals surface area (Å²) in [5, 5.41) is 8.59. The standard InChI is InChI=1S/C6H12O2S2/c1-3-9-10-5(2)4-6(7)8/h5H,3-4H2,1-2H3,(H,7,8). The monoisotopic (exact) mass is 180 g/mol. The Balaban J connectivity index is 3.25. The SMILES string of the molecule is CCSSC(C)CC(=O)O. The molecule has 10 heavy (non-hydrogen) atoms. The van der Waals surface area contributed by atoms with Crippen LogP contribution in [0.3, 0.4) is 0 Å². The molecule has 0 aliphatic carbocycles. The van der Waals surface area contributed by atoms with Crippen molar-refractivity contribution in [1.29, 1.82) is 0 Å². The minimum Gasteiger partial charge on any atom is -0.481 e. The lowest BCUT2D eigenvalue weighted by Gasteiger charge is -2.04. The molecule has 0 aromatic carbocycles. The first-order chi connectivity index (χ1) is 4.66. The zero-order valence-electron chi connectivity index (χ0n) is 6.16. The Kier molecular flexibility index (Phi) is 6.02. The third-order valence-corrected chi connectivity index (χ3v) is 3.78. The van der Waals surface area contributed by atoms with Gasteiger partial charge in [-0.2, -0.15) is 0 Å². The molecule has 60 valence electrons. The number of rotatable bonds is 5. The average Bonchev–Trinajstić information content (AvgIpc) is 1.82. The van der Waals surface area contributed by atoms with E-state index in [1.54, 1.807) is 21.6 Å². The maximum absolute atomic E-state index is 10.2. The van der Waals surface area contributed by atoms with Crippen LogP contribution < -0.4 is 0 Å². The van der Waals surface area contributed by atoms with Crippen LogP contribution in [0.4, 0.5) is 0 Å². The van der Waals surface area contributed by atoms with Gasteiger partial charge in [0.05, 0.1) is 6.42 Å². The van der Waals surface area contributed by atoms with Crippen LogP contribution in [0.25, 0.3) is 0 Å². The summed E-state index contributed by atoms with van der Waals surface area (Å²) in [4.78, 5) is 10.2. The molecule has 0 heterocycles. The molecule has 0 radical (unpaired) electrons. The van der Waals surface area contributed by atoms with E-state index < -0.39 is 5.97 Å². The lowest BCUT2D eigenvalue weighted by Crippen LogP contribution is -2.04. The summed E-state index contributed by atoms with van der Waals surface area (Å²) in [6.45, 7) is 3.99. The van der Waals surface area contributed by atoms with Gasteiger partial charge in [-0.25, -0.2) is 0 Å². The van der Waals surface area contributed by atoms with Crippen LogP contribution in [0.1, 0.15) is 20.3 Å². The third-order valence-electron chi connectivity index (χ3n) is 0.812. The first-order valence-electron chi connectivity index (χ1n) is 3.17. The van der Waals surface area contributed by atoms with E-state index in [0.29, 0.717) is 0 Å². The molecule has 0 saturated heterocycles. The molecule has 1 atom stereocenters. The van der Waals surface area contributed by atoms with Gasteiger partial charge in [0.2, 0.25) is 0 Å². The highest BCUT2D eigenvalue weighted by Crippen LogP contribution is 2.27. The van der Waals surface area contributed by atoms with Crippen LogP contribution in [0.2, 0.25) is 0 Å². The third kappa shape index (κ3) is 6.29. The summed E-state index contributed by atoms with van der Waals surface area (Å²) in [6.07, 6.45) is 0.262. The van der Waals surface area contributed by atoms with Crippen molar-refractivity contribution in [3.8, 4) is 0 Å². The van der Waals surface area contributed by atoms with Crippen LogP contribution in [0.5, 0.6) is 0 Å². The summed E-state index contributed by atoms with van der Waals surface area (Å²) < 4.78 is 0. The molecular formula is C6H12O2S2. The second-order valence-electron chi connectivity index (χ2n) is 1.91. The number of hydrogen-bond acceptors (Lipinski definition) is 3. The second-order valence-corrected chi connectivity index (χ2v) is 5.01. The quantitative estimate of drug-likeness (QED) is 0.658. The molecule has 0 aromatic rings. The number of carboxylic acids is 1. The van der Waals surface area contributed by atoms with E-state index in [2.05, 4.69) is 6.92 Å². The Bertz CT molecular complexity index is 106. The normalized spacial score (nSPS) is 13.0. The fourth-order valence-corrected chi connectivity index (χ4v) is 2.35. The molecule has 4 heteroatoms. The minimum atomic E-state index is -0.711. The van der Waals surface area contributed by atoms with E-state index in [0.717, 1.165) is 5.75 Å². The number of carbonyl (C=O) groups is 1. The molecular weight excluding hydrogens is 168 g/mol.